The summed E-state index contributed by atoms with van der Waals surface area (Å²) in [6, 6.07) is -2.22. The molecule has 2 amide bonds. The quantitative estimate of drug-likeness (QED) is 0.388. The fraction of sp³-hybridized carbons (Fsp3) is 0.571. The molecule has 0 saturated heterocycles. The van der Waals surface area contributed by atoms with Crippen LogP contribution >= 0.6 is 0 Å². The highest BCUT2D eigenvalue weighted by atomic mass is 16.4. The molecule has 0 aromatic carbocycles. The smallest absolute Gasteiger partial charge is 0.326 e. The Hall–Kier alpha value is -1.63. The van der Waals surface area contributed by atoms with Crippen molar-refractivity contribution in [3.63, 3.8) is 0 Å². The van der Waals surface area contributed by atoms with Gasteiger partial charge in [-0.2, -0.15) is 0 Å². The van der Waals surface area contributed by atoms with Crippen LogP contribution in [0, 0.1) is 0 Å². The van der Waals surface area contributed by atoms with Gasteiger partial charge in [-0.15, -0.1) is 0 Å². The van der Waals surface area contributed by atoms with Crippen LogP contribution in [0.25, 0.3) is 0 Å². The predicted octanol–water partition coefficient (Wildman–Crippen LogP) is -2.22. The van der Waals surface area contributed by atoms with Crippen molar-refractivity contribution in [2.24, 2.45) is 11.5 Å². The first-order chi connectivity index (χ1) is 6.88. The average Bonchev–Trinajstić information content (AvgIpc) is 2.14. The lowest BCUT2D eigenvalue weighted by Gasteiger charge is -2.14. The van der Waals surface area contributed by atoms with E-state index in [4.69, 9.17) is 12.3 Å². The third-order valence-electron chi connectivity index (χ3n) is 1.41. The van der Waals surface area contributed by atoms with E-state index in [1.54, 1.807) is 0 Å². The van der Waals surface area contributed by atoms with E-state index in [0.29, 0.717) is 0 Å². The molecule has 0 bridgehead atoms. The Balaban J connectivity index is 4.35. The number of carbonyl (C=O) groups is 3. The summed E-state index contributed by atoms with van der Waals surface area (Å²) >= 11 is 0. The molecule has 6 N–H and O–H groups in total. The van der Waals surface area contributed by atoms with Crippen molar-refractivity contribution < 1.29 is 20.9 Å². The van der Waals surface area contributed by atoms with E-state index < -0.39 is 36.3 Å². The maximum absolute atomic E-state index is 11.2. The van der Waals surface area contributed by atoms with Crippen molar-refractivity contribution in [1.29, 1.82) is 0 Å². The third kappa shape index (κ3) is 4.41. The zero-order valence-corrected chi connectivity index (χ0v) is 7.61. The van der Waals surface area contributed by atoms with Gasteiger partial charge in [0.15, 0.2) is 0 Å². The van der Waals surface area contributed by atoms with E-state index >= 15 is 0 Å². The minimum atomic E-state index is -1.36. The molecular weight excluding hydrogens is 190 g/mol. The average molecular weight is 204 g/mol. The number of nitrogens with one attached hydrogen (secondary N) is 1. The molecule has 0 aromatic rings. The molecule has 0 fully saturated rings. The van der Waals surface area contributed by atoms with Gasteiger partial charge in [-0.1, -0.05) is 0 Å². The van der Waals surface area contributed by atoms with Gasteiger partial charge in [0.1, 0.15) is 7.45 Å². The molecule has 7 nitrogen and oxygen atoms in total. The zero-order chi connectivity index (χ0) is 12.0. The van der Waals surface area contributed by atoms with Crippen LogP contribution in [0.2, 0.25) is 1.41 Å². The van der Waals surface area contributed by atoms with Crippen LogP contribution in [0.1, 0.15) is 13.3 Å². The van der Waals surface area contributed by atoms with Crippen LogP contribution in [0.5, 0.6) is 0 Å². The Morgan fingerprint density at radius 3 is 2.50 bits per heavy atom. The maximum Gasteiger partial charge on any atom is 0.326 e. The van der Waals surface area contributed by atoms with E-state index in [1.807, 2.05) is 5.73 Å². The van der Waals surface area contributed by atoms with Crippen molar-refractivity contribution in [1.82, 2.24) is 5.32 Å². The number of carboxylic acids is 1. The van der Waals surface area contributed by atoms with E-state index in [9.17, 15) is 14.4 Å². The Labute approximate surface area is 81.9 Å². The highest BCUT2D eigenvalue weighted by Crippen LogP contribution is 1.92. The number of carboxylic acid groups (broad SMARTS) is 1. The highest BCUT2D eigenvalue weighted by Gasteiger charge is 2.23. The van der Waals surface area contributed by atoms with Gasteiger partial charge in [-0.05, 0) is 6.92 Å². The van der Waals surface area contributed by atoms with Crippen molar-refractivity contribution in [2.75, 3.05) is 0 Å². The van der Waals surface area contributed by atoms with Gasteiger partial charge in [0.2, 0.25) is 11.8 Å². The predicted molar refractivity (Wildman–Crippen MR) is 47.0 cm³/mol. The summed E-state index contributed by atoms with van der Waals surface area (Å²) in [5.41, 5.74) is 6.70. The first-order valence-electron chi connectivity index (χ1n) is 4.37. The van der Waals surface area contributed by atoms with Crippen LogP contribution in [-0.4, -0.2) is 35.0 Å². The van der Waals surface area contributed by atoms with Crippen LogP contribution in [0.15, 0.2) is 0 Å². The molecular formula is C7H13N3O4. The first kappa shape index (κ1) is 10.5. The molecule has 0 rings (SSSR count). The molecule has 0 heterocycles. The molecule has 0 aromatic heterocycles. The van der Waals surface area contributed by atoms with E-state index in [-0.39, 0.29) is 0 Å². The van der Waals surface area contributed by atoms with Crippen LogP contribution in [0.3, 0.4) is 0 Å². The van der Waals surface area contributed by atoms with Gasteiger partial charge in [0.05, 0.1) is 12.5 Å². The Kier molecular flexibility index (Phi) is 3.86. The minimum absolute atomic E-state index is 0.480. The molecule has 2 atom stereocenters. The molecule has 0 aliphatic rings. The molecule has 0 spiro atoms. The Bertz CT molecular complexity index is 271. The van der Waals surface area contributed by atoms with Gasteiger partial charge in [0.25, 0.3) is 0 Å². The SMILES string of the molecule is [2H]N[C@H](C)C(=O)N[C@@H](CC(N)=O)C(=O)O. The second-order valence-electron chi connectivity index (χ2n) is 2.79. The van der Waals surface area contributed by atoms with Crippen molar-refractivity contribution in [2.45, 2.75) is 25.4 Å². The monoisotopic (exact) mass is 204 g/mol. The number of nitrogens with two attached hydrogens (primary N) is 2. The number of carbonyl (C=O) groups excluding carboxylic acids is 2. The van der Waals surface area contributed by atoms with E-state index in [1.165, 1.54) is 6.92 Å². The van der Waals surface area contributed by atoms with Gasteiger partial charge in [-0.3, -0.25) is 9.59 Å². The molecule has 7 heteroatoms. The third-order valence-corrected chi connectivity index (χ3v) is 1.41. The molecule has 0 aliphatic carbocycles. The van der Waals surface area contributed by atoms with Crippen LogP contribution in [-0.2, 0) is 14.4 Å². The number of aliphatic carboxylic acids is 1. The summed E-state index contributed by atoms with van der Waals surface area (Å²) in [5.74, 6) is -2.85. The van der Waals surface area contributed by atoms with E-state index in [2.05, 4.69) is 5.32 Å². The van der Waals surface area contributed by atoms with Crippen LogP contribution < -0.4 is 16.8 Å². The fourth-order valence-corrected chi connectivity index (χ4v) is 0.698. The zero-order valence-electron chi connectivity index (χ0n) is 8.61. The summed E-state index contributed by atoms with van der Waals surface area (Å²) in [7, 11) is 0. The lowest BCUT2D eigenvalue weighted by Crippen LogP contribution is -2.48. The van der Waals surface area contributed by atoms with Gasteiger partial charge in [-0.25, -0.2) is 4.79 Å². The molecule has 0 unspecified atom stereocenters. The Morgan fingerprint density at radius 1 is 1.57 bits per heavy atom. The number of primary amides is 1. The van der Waals surface area contributed by atoms with Crippen molar-refractivity contribution in [3.8, 4) is 0 Å². The van der Waals surface area contributed by atoms with Gasteiger partial charge < -0.3 is 21.9 Å². The summed E-state index contributed by atoms with van der Waals surface area (Å²) in [4.78, 5) is 32.2. The Morgan fingerprint density at radius 2 is 2.14 bits per heavy atom. The molecule has 14 heavy (non-hydrogen) atoms. The maximum atomic E-state index is 11.2. The lowest BCUT2D eigenvalue weighted by molar-refractivity contribution is -0.143. The largest absolute Gasteiger partial charge is 0.480 e. The number of rotatable bonds is 6. The van der Waals surface area contributed by atoms with Crippen molar-refractivity contribution >= 4 is 17.8 Å². The normalized spacial score (nSPS) is 15.1. The molecule has 0 radical (unpaired) electrons. The summed E-state index contributed by atoms with van der Waals surface area (Å²) in [6.07, 6.45) is -0.480. The van der Waals surface area contributed by atoms with Gasteiger partial charge >= 0.3 is 5.97 Å². The second-order valence-corrected chi connectivity index (χ2v) is 2.79. The summed E-state index contributed by atoms with van der Waals surface area (Å²) in [5, 5.41) is 10.7. The molecule has 0 aliphatic heterocycles. The van der Waals surface area contributed by atoms with Crippen molar-refractivity contribution in [3.05, 3.63) is 0 Å². The lowest BCUT2D eigenvalue weighted by atomic mass is 10.2. The molecule has 0 saturated carbocycles. The minimum Gasteiger partial charge on any atom is -0.480 e. The molecule has 80 valence electrons. The number of hydrogen-bond acceptors (Lipinski definition) is 4. The number of hydrogen-bond donors (Lipinski definition) is 4. The number of amides is 2. The van der Waals surface area contributed by atoms with E-state index in [0.717, 1.165) is 0 Å². The first-order valence-corrected chi connectivity index (χ1v) is 3.87. The second kappa shape index (κ2) is 5.18. The summed E-state index contributed by atoms with van der Waals surface area (Å²) in [6.45, 7) is 1.38. The fourth-order valence-electron chi connectivity index (χ4n) is 0.698. The standard InChI is InChI=1S/C7H13N3O4/c1-3(8)6(12)10-4(7(13)14)2-5(9)11/h3-4H,2,8H2,1H3,(H2,9,11)(H,10,12)(H,13,14)/t3-,4+/m1/s1/i/hD. The van der Waals surface area contributed by atoms with Crippen LogP contribution in [0.4, 0.5) is 0 Å². The topological polar surface area (TPSA) is 136 Å². The van der Waals surface area contributed by atoms with Gasteiger partial charge in [0, 0.05) is 0 Å². The summed E-state index contributed by atoms with van der Waals surface area (Å²) < 4.78 is 6.68. The highest BCUT2D eigenvalue weighted by molar-refractivity contribution is 5.89.